The van der Waals surface area contributed by atoms with Crippen molar-refractivity contribution in [2.45, 2.75) is 33.1 Å². The van der Waals surface area contributed by atoms with Gasteiger partial charge in [-0.15, -0.1) is 9.73 Å². The lowest BCUT2D eigenvalue weighted by Gasteiger charge is -2.23. The van der Waals surface area contributed by atoms with Crippen LogP contribution in [-0.2, 0) is 16.4 Å². The van der Waals surface area contributed by atoms with Crippen LogP contribution in [0, 0.1) is 5.41 Å². The smallest absolute Gasteiger partial charge is 0.209 e. The molecule has 0 aliphatic carbocycles. The average molecular weight is 297 g/mol. The fourth-order valence-corrected chi connectivity index (χ4v) is 2.74. The zero-order chi connectivity index (χ0) is 14.8. The number of nitrogens with two attached hydrogens (primary N) is 1. The molecule has 0 spiro atoms. The molecule has 2 aromatic rings. The van der Waals surface area contributed by atoms with Gasteiger partial charge in [0.2, 0.25) is 10.0 Å². The number of hydrogen-bond donors (Lipinski definition) is 1. The summed E-state index contributed by atoms with van der Waals surface area (Å²) < 4.78 is 23.5. The summed E-state index contributed by atoms with van der Waals surface area (Å²) in [6.45, 7) is 4.07. The fourth-order valence-electron chi connectivity index (χ4n) is 1.90. The van der Waals surface area contributed by atoms with Crippen molar-refractivity contribution in [3.63, 3.8) is 0 Å². The van der Waals surface area contributed by atoms with E-state index in [-0.39, 0.29) is 11.2 Å². The molecule has 0 aliphatic rings. The molecule has 8 heteroatoms. The second-order valence-electron chi connectivity index (χ2n) is 5.71. The third-order valence-electron chi connectivity index (χ3n) is 3.33. The van der Waals surface area contributed by atoms with E-state index in [2.05, 4.69) is 15.2 Å². The predicted molar refractivity (Wildman–Crippen MR) is 75.5 cm³/mol. The van der Waals surface area contributed by atoms with Crippen LogP contribution in [0.5, 0.6) is 0 Å². The van der Waals surface area contributed by atoms with Crippen LogP contribution < -0.4 is 5.14 Å². The van der Waals surface area contributed by atoms with E-state index < -0.39 is 10.0 Å². The number of aromatic nitrogens is 4. The summed E-state index contributed by atoms with van der Waals surface area (Å²) in [6, 6.07) is 3.78. The lowest BCUT2D eigenvalue weighted by molar-refractivity contribution is 0.321. The van der Waals surface area contributed by atoms with E-state index in [1.807, 2.05) is 26.0 Å². The van der Waals surface area contributed by atoms with E-state index in [4.69, 9.17) is 5.14 Å². The van der Waals surface area contributed by atoms with Crippen molar-refractivity contribution in [2.24, 2.45) is 10.6 Å². The van der Waals surface area contributed by atoms with Crippen molar-refractivity contribution in [1.82, 2.24) is 19.8 Å². The standard InChI is InChI=1S/C12H19N5O2S/c1-12(2,7-8-20(13,18)19)6-5-10-3-4-11-14-9-15-17(11)16-10/h3-4,9H,5-8H2,1-2H3,(H2,13,18,19). The third kappa shape index (κ3) is 4.24. The Balaban J connectivity index is 1.96. The summed E-state index contributed by atoms with van der Waals surface area (Å²) in [6.07, 6.45) is 3.59. The molecular formula is C12H19N5O2S. The first-order valence-electron chi connectivity index (χ1n) is 6.42. The molecule has 110 valence electrons. The highest BCUT2D eigenvalue weighted by molar-refractivity contribution is 7.89. The van der Waals surface area contributed by atoms with Gasteiger partial charge in [-0.3, -0.25) is 0 Å². The number of hydrogen-bond acceptors (Lipinski definition) is 5. The van der Waals surface area contributed by atoms with Gasteiger partial charge in [0, 0.05) is 0 Å². The molecule has 20 heavy (non-hydrogen) atoms. The Labute approximate surface area is 118 Å². The van der Waals surface area contributed by atoms with Crippen molar-refractivity contribution < 1.29 is 8.42 Å². The van der Waals surface area contributed by atoms with Gasteiger partial charge in [0.15, 0.2) is 5.65 Å². The first kappa shape index (κ1) is 14.9. The normalized spacial score (nSPS) is 12.9. The lowest BCUT2D eigenvalue weighted by Crippen LogP contribution is -2.23. The zero-order valence-corrected chi connectivity index (χ0v) is 12.5. The Morgan fingerprint density at radius 1 is 1.30 bits per heavy atom. The summed E-state index contributed by atoms with van der Waals surface area (Å²) in [5, 5.41) is 13.4. The molecule has 2 rings (SSSR count). The maximum Gasteiger partial charge on any atom is 0.209 e. The minimum atomic E-state index is -3.40. The largest absolute Gasteiger partial charge is 0.229 e. The number of rotatable bonds is 6. The summed E-state index contributed by atoms with van der Waals surface area (Å²) in [5.74, 6) is 0.00946. The van der Waals surface area contributed by atoms with Gasteiger partial charge < -0.3 is 0 Å². The molecule has 0 aromatic carbocycles. The average Bonchev–Trinajstić information content (AvgIpc) is 2.81. The minimum absolute atomic E-state index is 0.00946. The number of aryl methyl sites for hydroxylation is 1. The quantitative estimate of drug-likeness (QED) is 0.848. The highest BCUT2D eigenvalue weighted by Crippen LogP contribution is 2.27. The molecule has 0 saturated carbocycles. The zero-order valence-electron chi connectivity index (χ0n) is 11.7. The first-order valence-corrected chi connectivity index (χ1v) is 8.13. The Kier molecular flexibility index (Phi) is 4.05. The summed E-state index contributed by atoms with van der Waals surface area (Å²) in [4.78, 5) is 4.03. The molecule has 0 unspecified atom stereocenters. The topological polar surface area (TPSA) is 103 Å². The highest BCUT2D eigenvalue weighted by Gasteiger charge is 2.20. The maximum atomic E-state index is 11.0. The Morgan fingerprint density at radius 2 is 2.05 bits per heavy atom. The molecule has 2 N–H and O–H groups in total. The summed E-state index contributed by atoms with van der Waals surface area (Å²) >= 11 is 0. The van der Waals surface area contributed by atoms with Gasteiger partial charge in [0.25, 0.3) is 0 Å². The second-order valence-corrected chi connectivity index (χ2v) is 7.45. The van der Waals surface area contributed by atoms with Crippen LogP contribution in [0.4, 0.5) is 0 Å². The van der Waals surface area contributed by atoms with Crippen LogP contribution in [-0.4, -0.2) is 34.0 Å². The predicted octanol–water partition coefficient (Wildman–Crippen LogP) is 0.762. The van der Waals surface area contributed by atoms with E-state index in [0.29, 0.717) is 12.1 Å². The number of nitrogens with zero attached hydrogens (tertiary/aromatic N) is 4. The van der Waals surface area contributed by atoms with E-state index in [1.54, 1.807) is 0 Å². The molecule has 0 bridgehead atoms. The Hall–Kier alpha value is -1.54. The minimum Gasteiger partial charge on any atom is -0.229 e. The molecule has 0 aliphatic heterocycles. The van der Waals surface area contributed by atoms with Crippen LogP contribution in [0.2, 0.25) is 0 Å². The molecule has 0 atom stereocenters. The van der Waals surface area contributed by atoms with Gasteiger partial charge in [0.05, 0.1) is 11.4 Å². The second kappa shape index (κ2) is 5.45. The number of sulfonamides is 1. The van der Waals surface area contributed by atoms with Gasteiger partial charge in [-0.1, -0.05) is 13.8 Å². The van der Waals surface area contributed by atoms with Gasteiger partial charge in [-0.05, 0) is 36.8 Å². The van der Waals surface area contributed by atoms with Gasteiger partial charge in [-0.2, -0.15) is 5.10 Å². The van der Waals surface area contributed by atoms with Crippen LogP contribution >= 0.6 is 0 Å². The summed E-state index contributed by atoms with van der Waals surface area (Å²) in [7, 11) is -3.40. The van der Waals surface area contributed by atoms with E-state index >= 15 is 0 Å². The van der Waals surface area contributed by atoms with Gasteiger partial charge in [0.1, 0.15) is 6.33 Å². The highest BCUT2D eigenvalue weighted by atomic mass is 32.2. The molecule has 7 nitrogen and oxygen atoms in total. The van der Waals surface area contributed by atoms with E-state index in [9.17, 15) is 8.42 Å². The van der Waals surface area contributed by atoms with Crippen molar-refractivity contribution in [1.29, 1.82) is 0 Å². The lowest BCUT2D eigenvalue weighted by atomic mass is 9.84. The maximum absolute atomic E-state index is 11.0. The molecule has 0 amide bonds. The number of fused-ring (bicyclic) bond motifs is 1. The molecule has 0 fully saturated rings. The summed E-state index contributed by atoms with van der Waals surface area (Å²) in [5.41, 5.74) is 1.51. The fraction of sp³-hybridized carbons (Fsp3) is 0.583. The van der Waals surface area contributed by atoms with Crippen LogP contribution in [0.1, 0.15) is 32.4 Å². The SMILES string of the molecule is CC(C)(CCc1ccc2ncnn2n1)CCS(N)(=O)=O. The molecule has 0 radical (unpaired) electrons. The third-order valence-corrected chi connectivity index (χ3v) is 4.10. The molecular weight excluding hydrogens is 278 g/mol. The number of primary sulfonamides is 1. The van der Waals surface area contributed by atoms with Crippen molar-refractivity contribution in [2.75, 3.05) is 5.75 Å². The first-order chi connectivity index (χ1) is 9.25. The monoisotopic (exact) mass is 297 g/mol. The van der Waals surface area contributed by atoms with Crippen molar-refractivity contribution in [3.8, 4) is 0 Å². The van der Waals surface area contributed by atoms with Crippen molar-refractivity contribution >= 4 is 15.7 Å². The molecule has 0 saturated heterocycles. The Bertz CT molecular complexity index is 693. The van der Waals surface area contributed by atoms with Crippen LogP contribution in [0.3, 0.4) is 0 Å². The van der Waals surface area contributed by atoms with E-state index in [0.717, 1.165) is 18.5 Å². The molecule has 2 aromatic heterocycles. The van der Waals surface area contributed by atoms with E-state index in [1.165, 1.54) is 11.0 Å². The van der Waals surface area contributed by atoms with Gasteiger partial charge in [-0.25, -0.2) is 18.5 Å². The van der Waals surface area contributed by atoms with Crippen LogP contribution in [0.25, 0.3) is 5.65 Å². The molecule has 2 heterocycles. The van der Waals surface area contributed by atoms with Gasteiger partial charge >= 0.3 is 0 Å². The Morgan fingerprint density at radius 3 is 2.75 bits per heavy atom. The van der Waals surface area contributed by atoms with Crippen molar-refractivity contribution in [3.05, 3.63) is 24.2 Å². The van der Waals surface area contributed by atoms with Crippen LogP contribution in [0.15, 0.2) is 18.5 Å².